The summed E-state index contributed by atoms with van der Waals surface area (Å²) in [4.78, 5) is 14.1. The summed E-state index contributed by atoms with van der Waals surface area (Å²) in [5.74, 6) is 1.08. The molecule has 3 N–H and O–H groups in total. The Morgan fingerprint density at radius 2 is 2.24 bits per heavy atom. The van der Waals surface area contributed by atoms with Crippen molar-refractivity contribution in [2.24, 2.45) is 17.6 Å². The number of nitrogens with one attached hydrogen (secondary N) is 1. The first kappa shape index (κ1) is 14.5. The third-order valence-electron chi connectivity index (χ3n) is 3.68. The van der Waals surface area contributed by atoms with Crippen LogP contribution >= 0.6 is 0 Å². The number of amides is 1. The molecule has 1 saturated heterocycles. The van der Waals surface area contributed by atoms with Crippen molar-refractivity contribution >= 4 is 5.91 Å². The molecule has 100 valence electrons. The molecule has 1 fully saturated rings. The van der Waals surface area contributed by atoms with Gasteiger partial charge < -0.3 is 16.0 Å². The highest BCUT2D eigenvalue weighted by Gasteiger charge is 2.21. The molecule has 0 aromatic rings. The lowest BCUT2D eigenvalue weighted by molar-refractivity contribution is -0.121. The highest BCUT2D eigenvalue weighted by molar-refractivity contribution is 5.76. The third kappa shape index (κ3) is 5.04. The lowest BCUT2D eigenvalue weighted by Crippen LogP contribution is -2.37. The first-order chi connectivity index (χ1) is 8.02. The number of hydrogen-bond donors (Lipinski definition) is 2. The summed E-state index contributed by atoms with van der Waals surface area (Å²) in [7, 11) is 0. The van der Waals surface area contributed by atoms with Crippen molar-refractivity contribution in [1.82, 2.24) is 10.2 Å². The van der Waals surface area contributed by atoms with Crippen LogP contribution in [0.15, 0.2) is 0 Å². The average molecular weight is 241 g/mol. The monoisotopic (exact) mass is 241 g/mol. The number of hydrogen-bond acceptors (Lipinski definition) is 3. The molecule has 1 rings (SSSR count). The maximum atomic E-state index is 11.7. The quantitative estimate of drug-likeness (QED) is 0.724. The number of nitrogens with two attached hydrogens (primary N) is 1. The van der Waals surface area contributed by atoms with E-state index in [2.05, 4.69) is 17.1 Å². The van der Waals surface area contributed by atoms with Gasteiger partial charge in [0, 0.05) is 25.6 Å². The van der Waals surface area contributed by atoms with Crippen LogP contribution in [0.2, 0.25) is 0 Å². The second-order valence-corrected chi connectivity index (χ2v) is 5.46. The standard InChI is InChI=1S/C13H27N3O/c1-4-16-6-5-11(9-16)8-15-13(17)7-12(14)10(2)3/h10-12H,4-9,14H2,1-3H3,(H,15,17). The van der Waals surface area contributed by atoms with Gasteiger partial charge in [0.25, 0.3) is 0 Å². The second-order valence-electron chi connectivity index (χ2n) is 5.46. The summed E-state index contributed by atoms with van der Waals surface area (Å²) < 4.78 is 0. The van der Waals surface area contributed by atoms with Gasteiger partial charge in [-0.15, -0.1) is 0 Å². The Bertz CT molecular complexity index is 243. The summed E-state index contributed by atoms with van der Waals surface area (Å²) in [5, 5.41) is 3.01. The van der Waals surface area contributed by atoms with Crippen LogP contribution in [-0.4, -0.2) is 43.0 Å². The molecule has 4 heteroatoms. The maximum Gasteiger partial charge on any atom is 0.221 e. The Morgan fingerprint density at radius 3 is 2.76 bits per heavy atom. The Hall–Kier alpha value is -0.610. The Labute approximate surface area is 105 Å². The molecule has 0 saturated carbocycles. The van der Waals surface area contributed by atoms with E-state index in [1.807, 2.05) is 13.8 Å². The van der Waals surface area contributed by atoms with Crippen molar-refractivity contribution in [2.75, 3.05) is 26.2 Å². The molecule has 2 unspecified atom stereocenters. The van der Waals surface area contributed by atoms with Crippen molar-refractivity contribution < 1.29 is 4.79 Å². The van der Waals surface area contributed by atoms with Crippen LogP contribution < -0.4 is 11.1 Å². The fraction of sp³-hybridized carbons (Fsp3) is 0.923. The highest BCUT2D eigenvalue weighted by Crippen LogP contribution is 2.14. The van der Waals surface area contributed by atoms with E-state index in [-0.39, 0.29) is 11.9 Å². The predicted molar refractivity (Wildman–Crippen MR) is 70.7 cm³/mol. The third-order valence-corrected chi connectivity index (χ3v) is 3.68. The molecule has 0 aliphatic carbocycles. The Morgan fingerprint density at radius 1 is 1.53 bits per heavy atom. The zero-order chi connectivity index (χ0) is 12.8. The van der Waals surface area contributed by atoms with Crippen molar-refractivity contribution in [3.63, 3.8) is 0 Å². The average Bonchev–Trinajstić information content (AvgIpc) is 2.74. The zero-order valence-electron chi connectivity index (χ0n) is 11.4. The van der Waals surface area contributed by atoms with E-state index in [0.29, 0.717) is 18.3 Å². The summed E-state index contributed by atoms with van der Waals surface area (Å²) in [5.41, 5.74) is 5.88. The van der Waals surface area contributed by atoms with E-state index in [4.69, 9.17) is 5.73 Å². The van der Waals surface area contributed by atoms with Crippen LogP contribution in [0.25, 0.3) is 0 Å². The smallest absolute Gasteiger partial charge is 0.221 e. The second kappa shape index (κ2) is 6.97. The molecule has 1 aliphatic rings. The van der Waals surface area contributed by atoms with Crippen LogP contribution in [0, 0.1) is 11.8 Å². The van der Waals surface area contributed by atoms with Gasteiger partial charge in [0.1, 0.15) is 0 Å². The molecular weight excluding hydrogens is 214 g/mol. The van der Waals surface area contributed by atoms with Gasteiger partial charge in [0.15, 0.2) is 0 Å². The lowest BCUT2D eigenvalue weighted by atomic mass is 10.0. The number of carbonyl (C=O) groups is 1. The van der Waals surface area contributed by atoms with Gasteiger partial charge in [-0.3, -0.25) is 4.79 Å². The van der Waals surface area contributed by atoms with E-state index >= 15 is 0 Å². The van der Waals surface area contributed by atoms with Crippen LogP contribution in [0.5, 0.6) is 0 Å². The fourth-order valence-electron chi connectivity index (χ4n) is 2.15. The minimum atomic E-state index is -0.0225. The normalized spacial score (nSPS) is 23.0. The molecular formula is C13H27N3O. The number of carbonyl (C=O) groups excluding carboxylic acids is 1. The molecule has 17 heavy (non-hydrogen) atoms. The summed E-state index contributed by atoms with van der Waals surface area (Å²) in [6.45, 7) is 10.5. The van der Waals surface area contributed by atoms with Gasteiger partial charge in [-0.2, -0.15) is 0 Å². The molecule has 1 amide bonds. The van der Waals surface area contributed by atoms with Gasteiger partial charge in [0.05, 0.1) is 0 Å². The zero-order valence-corrected chi connectivity index (χ0v) is 11.4. The van der Waals surface area contributed by atoms with Crippen LogP contribution in [0.1, 0.15) is 33.6 Å². The largest absolute Gasteiger partial charge is 0.356 e. The minimum absolute atomic E-state index is 0.0225. The summed E-state index contributed by atoms with van der Waals surface area (Å²) in [6.07, 6.45) is 1.65. The molecule has 0 spiro atoms. The van der Waals surface area contributed by atoms with Gasteiger partial charge >= 0.3 is 0 Å². The van der Waals surface area contributed by atoms with Gasteiger partial charge in [-0.25, -0.2) is 0 Å². The fourth-order valence-corrected chi connectivity index (χ4v) is 2.15. The van der Waals surface area contributed by atoms with Crippen molar-refractivity contribution in [3.8, 4) is 0 Å². The maximum absolute atomic E-state index is 11.7. The number of nitrogens with zero attached hydrogens (tertiary/aromatic N) is 1. The Balaban J connectivity index is 2.16. The van der Waals surface area contributed by atoms with Crippen molar-refractivity contribution in [3.05, 3.63) is 0 Å². The molecule has 0 aromatic heterocycles. The molecule has 1 heterocycles. The van der Waals surface area contributed by atoms with E-state index in [9.17, 15) is 4.79 Å². The lowest BCUT2D eigenvalue weighted by Gasteiger charge is -2.17. The predicted octanol–water partition coefficient (Wildman–Crippen LogP) is 0.818. The summed E-state index contributed by atoms with van der Waals surface area (Å²) in [6, 6.07) is -0.0225. The van der Waals surface area contributed by atoms with Crippen molar-refractivity contribution in [1.29, 1.82) is 0 Å². The first-order valence-corrected chi connectivity index (χ1v) is 6.77. The molecule has 1 aliphatic heterocycles. The van der Waals surface area contributed by atoms with Crippen molar-refractivity contribution in [2.45, 2.75) is 39.7 Å². The number of likely N-dealkylation sites (tertiary alicyclic amines) is 1. The topological polar surface area (TPSA) is 58.4 Å². The van der Waals surface area contributed by atoms with Crippen LogP contribution in [0.3, 0.4) is 0 Å². The van der Waals surface area contributed by atoms with Crippen LogP contribution in [-0.2, 0) is 4.79 Å². The van der Waals surface area contributed by atoms with Gasteiger partial charge in [-0.1, -0.05) is 20.8 Å². The number of rotatable bonds is 6. The summed E-state index contributed by atoms with van der Waals surface area (Å²) >= 11 is 0. The minimum Gasteiger partial charge on any atom is -0.356 e. The molecule has 0 bridgehead atoms. The van der Waals surface area contributed by atoms with Gasteiger partial charge in [-0.05, 0) is 31.3 Å². The molecule has 0 aromatic carbocycles. The van der Waals surface area contributed by atoms with E-state index in [0.717, 1.165) is 19.6 Å². The Kier molecular flexibility index (Phi) is 5.92. The molecule has 0 radical (unpaired) electrons. The van der Waals surface area contributed by atoms with Crippen LogP contribution in [0.4, 0.5) is 0 Å². The van der Waals surface area contributed by atoms with Gasteiger partial charge in [0.2, 0.25) is 5.91 Å². The highest BCUT2D eigenvalue weighted by atomic mass is 16.1. The first-order valence-electron chi connectivity index (χ1n) is 6.77. The van der Waals surface area contributed by atoms with E-state index in [1.54, 1.807) is 0 Å². The molecule has 2 atom stereocenters. The van der Waals surface area contributed by atoms with E-state index in [1.165, 1.54) is 13.0 Å². The molecule has 4 nitrogen and oxygen atoms in total. The van der Waals surface area contributed by atoms with E-state index < -0.39 is 0 Å². The SMILES string of the molecule is CCN1CCC(CNC(=O)CC(N)C(C)C)C1.